The Kier molecular flexibility index (Phi) is 3.65. The fourth-order valence-corrected chi connectivity index (χ4v) is 3.17. The summed E-state index contributed by atoms with van der Waals surface area (Å²) >= 11 is 0. The summed E-state index contributed by atoms with van der Waals surface area (Å²) < 4.78 is 1.44. The van der Waals surface area contributed by atoms with E-state index in [1.54, 1.807) is 0 Å². The molecule has 124 valence electrons. The summed E-state index contributed by atoms with van der Waals surface area (Å²) in [6.45, 7) is 7.40. The Hall–Kier alpha value is -2.54. The maximum absolute atomic E-state index is 4.37. The molecule has 0 amide bonds. The number of benzene rings is 1. The van der Waals surface area contributed by atoms with Gasteiger partial charge >= 0.3 is 0 Å². The van der Waals surface area contributed by atoms with E-state index in [0.29, 0.717) is 5.65 Å². The fraction of sp³-hybridized carbons (Fsp3) is 0.412. The van der Waals surface area contributed by atoms with Gasteiger partial charge in [0.25, 0.3) is 0 Å². The minimum atomic E-state index is 0.0186. The van der Waals surface area contributed by atoms with Gasteiger partial charge in [-0.05, 0) is 54.0 Å². The van der Waals surface area contributed by atoms with E-state index >= 15 is 0 Å². The SMILES string of the molecule is CC(C)(CNc1ccc2nnnn2n1)N1CCc2ccccc2C1. The lowest BCUT2D eigenvalue weighted by atomic mass is 9.94. The van der Waals surface area contributed by atoms with Gasteiger partial charge in [-0.25, -0.2) is 0 Å². The van der Waals surface area contributed by atoms with Crippen molar-refractivity contribution < 1.29 is 0 Å². The number of fused-ring (bicyclic) bond motifs is 2. The van der Waals surface area contributed by atoms with Crippen molar-refractivity contribution in [3.8, 4) is 0 Å². The van der Waals surface area contributed by atoms with Gasteiger partial charge in [-0.2, -0.15) is 0 Å². The van der Waals surface area contributed by atoms with E-state index in [0.717, 1.165) is 31.9 Å². The summed E-state index contributed by atoms with van der Waals surface area (Å²) in [7, 11) is 0. The van der Waals surface area contributed by atoms with Crippen LogP contribution in [0, 0.1) is 0 Å². The second kappa shape index (κ2) is 5.83. The molecule has 3 aromatic rings. The molecule has 0 bridgehead atoms. The lowest BCUT2D eigenvalue weighted by Gasteiger charge is -2.41. The summed E-state index contributed by atoms with van der Waals surface area (Å²) in [6, 6.07) is 12.5. The van der Waals surface area contributed by atoms with Gasteiger partial charge < -0.3 is 5.32 Å². The largest absolute Gasteiger partial charge is 0.367 e. The third kappa shape index (κ3) is 2.82. The van der Waals surface area contributed by atoms with Gasteiger partial charge in [-0.1, -0.05) is 24.3 Å². The number of hydrogen-bond donors (Lipinski definition) is 1. The van der Waals surface area contributed by atoms with Gasteiger partial charge in [-0.15, -0.1) is 14.8 Å². The Morgan fingerprint density at radius 3 is 2.83 bits per heavy atom. The normalized spacial score (nSPS) is 15.4. The van der Waals surface area contributed by atoms with Crippen LogP contribution < -0.4 is 5.32 Å². The molecule has 1 N–H and O–H groups in total. The van der Waals surface area contributed by atoms with E-state index in [1.165, 1.54) is 15.8 Å². The number of rotatable bonds is 4. The molecule has 7 nitrogen and oxygen atoms in total. The Labute approximate surface area is 140 Å². The highest BCUT2D eigenvalue weighted by Gasteiger charge is 2.29. The van der Waals surface area contributed by atoms with Crippen molar-refractivity contribution in [3.05, 3.63) is 47.5 Å². The van der Waals surface area contributed by atoms with Gasteiger partial charge in [0, 0.05) is 25.2 Å². The fourth-order valence-electron chi connectivity index (χ4n) is 3.17. The van der Waals surface area contributed by atoms with Crippen LogP contribution in [0.4, 0.5) is 5.82 Å². The van der Waals surface area contributed by atoms with Crippen LogP contribution in [0.2, 0.25) is 0 Å². The minimum absolute atomic E-state index is 0.0186. The first kappa shape index (κ1) is 15.0. The Bertz CT molecular complexity index is 855. The Morgan fingerprint density at radius 2 is 1.96 bits per heavy atom. The van der Waals surface area contributed by atoms with Crippen LogP contribution in [0.15, 0.2) is 36.4 Å². The molecule has 0 radical (unpaired) electrons. The first-order chi connectivity index (χ1) is 11.6. The van der Waals surface area contributed by atoms with Crippen molar-refractivity contribution in [3.63, 3.8) is 0 Å². The number of tetrazole rings is 1. The van der Waals surface area contributed by atoms with E-state index < -0.39 is 0 Å². The molecule has 7 heteroatoms. The molecule has 0 spiro atoms. The molecule has 0 aliphatic carbocycles. The van der Waals surface area contributed by atoms with E-state index in [4.69, 9.17) is 0 Å². The number of nitrogens with zero attached hydrogens (tertiary/aromatic N) is 6. The average Bonchev–Trinajstić information content (AvgIpc) is 3.07. The summed E-state index contributed by atoms with van der Waals surface area (Å²) in [5.41, 5.74) is 3.57. The molecule has 2 aromatic heterocycles. The van der Waals surface area contributed by atoms with Crippen molar-refractivity contribution in [1.82, 2.24) is 30.2 Å². The molecule has 0 saturated carbocycles. The summed E-state index contributed by atoms with van der Waals surface area (Å²) in [5.74, 6) is 0.778. The number of nitrogens with one attached hydrogen (secondary N) is 1. The van der Waals surface area contributed by atoms with Crippen molar-refractivity contribution in [2.24, 2.45) is 0 Å². The van der Waals surface area contributed by atoms with Crippen LogP contribution in [0.1, 0.15) is 25.0 Å². The maximum atomic E-state index is 4.37. The average molecular weight is 323 g/mol. The van der Waals surface area contributed by atoms with E-state index in [1.807, 2.05) is 12.1 Å². The second-order valence-corrected chi connectivity index (χ2v) is 6.85. The van der Waals surface area contributed by atoms with Crippen molar-refractivity contribution in [2.75, 3.05) is 18.4 Å². The Morgan fingerprint density at radius 1 is 1.12 bits per heavy atom. The van der Waals surface area contributed by atoms with Crippen LogP contribution in [-0.4, -0.2) is 48.8 Å². The van der Waals surface area contributed by atoms with Crippen LogP contribution in [0.25, 0.3) is 5.65 Å². The molecule has 4 rings (SSSR count). The molecule has 24 heavy (non-hydrogen) atoms. The third-order valence-electron chi connectivity index (χ3n) is 4.76. The van der Waals surface area contributed by atoms with Crippen LogP contribution in [-0.2, 0) is 13.0 Å². The summed E-state index contributed by atoms with van der Waals surface area (Å²) in [5, 5.41) is 19.1. The zero-order valence-corrected chi connectivity index (χ0v) is 14.0. The number of aromatic nitrogens is 5. The van der Waals surface area contributed by atoms with Crippen molar-refractivity contribution in [1.29, 1.82) is 0 Å². The van der Waals surface area contributed by atoms with Crippen molar-refractivity contribution in [2.45, 2.75) is 32.4 Å². The van der Waals surface area contributed by atoms with Crippen molar-refractivity contribution >= 4 is 11.5 Å². The molecule has 1 aromatic carbocycles. The van der Waals surface area contributed by atoms with Crippen LogP contribution in [0.5, 0.6) is 0 Å². The van der Waals surface area contributed by atoms with E-state index in [-0.39, 0.29) is 5.54 Å². The molecule has 1 aliphatic heterocycles. The van der Waals surface area contributed by atoms with Crippen LogP contribution in [0.3, 0.4) is 0 Å². The van der Waals surface area contributed by atoms with Gasteiger partial charge in [0.15, 0.2) is 5.65 Å². The number of anilines is 1. The zero-order chi connectivity index (χ0) is 16.6. The molecular weight excluding hydrogens is 302 g/mol. The molecule has 0 fully saturated rings. The zero-order valence-electron chi connectivity index (χ0n) is 14.0. The minimum Gasteiger partial charge on any atom is -0.367 e. The maximum Gasteiger partial charge on any atom is 0.200 e. The van der Waals surface area contributed by atoms with Gasteiger partial charge in [0.1, 0.15) is 5.82 Å². The molecular formula is C17H21N7. The third-order valence-corrected chi connectivity index (χ3v) is 4.76. The first-order valence-electron chi connectivity index (χ1n) is 8.23. The standard InChI is InChI=1S/C17H21N7/c1-17(2,23-10-9-13-5-3-4-6-14(13)11-23)12-18-15-7-8-16-19-21-22-24(16)20-15/h3-8H,9-12H2,1-2H3,(H,18,20). The number of hydrogen-bond acceptors (Lipinski definition) is 6. The summed E-state index contributed by atoms with van der Waals surface area (Å²) in [6.07, 6.45) is 1.11. The highest BCUT2D eigenvalue weighted by Crippen LogP contribution is 2.25. The monoisotopic (exact) mass is 323 g/mol. The quantitative estimate of drug-likeness (QED) is 0.789. The smallest absolute Gasteiger partial charge is 0.200 e. The second-order valence-electron chi connectivity index (χ2n) is 6.85. The van der Waals surface area contributed by atoms with Gasteiger partial charge in [0.05, 0.1) is 0 Å². The van der Waals surface area contributed by atoms with Crippen LogP contribution >= 0.6 is 0 Å². The molecule has 3 heterocycles. The predicted molar refractivity (Wildman–Crippen MR) is 91.7 cm³/mol. The highest BCUT2D eigenvalue weighted by atomic mass is 15.6. The lowest BCUT2D eigenvalue weighted by molar-refractivity contribution is 0.115. The molecule has 0 saturated heterocycles. The first-order valence-corrected chi connectivity index (χ1v) is 8.23. The molecule has 0 unspecified atom stereocenters. The lowest BCUT2D eigenvalue weighted by Crippen LogP contribution is -2.50. The highest BCUT2D eigenvalue weighted by molar-refractivity contribution is 5.42. The van der Waals surface area contributed by atoms with E-state index in [9.17, 15) is 0 Å². The topological polar surface area (TPSA) is 71.2 Å². The molecule has 1 aliphatic rings. The Balaban J connectivity index is 1.45. The van der Waals surface area contributed by atoms with Gasteiger partial charge in [0.2, 0.25) is 0 Å². The van der Waals surface area contributed by atoms with Gasteiger partial charge in [-0.3, -0.25) is 4.90 Å². The summed E-state index contributed by atoms with van der Waals surface area (Å²) in [4.78, 5) is 2.53. The molecule has 0 atom stereocenters. The predicted octanol–water partition coefficient (Wildman–Crippen LogP) is 1.77. The van der Waals surface area contributed by atoms with E-state index in [2.05, 4.69) is 69.0 Å².